The maximum Gasteiger partial charge on any atom is 1.00 e. The average Bonchev–Trinajstić information content (AvgIpc) is 2.03. The molecule has 0 aromatic carbocycles. The van der Waals surface area contributed by atoms with Crippen LogP contribution in [-0.4, -0.2) is 15.7 Å². The number of hydrogen-bond acceptors (Lipinski definition) is 4. The van der Waals surface area contributed by atoms with Crippen LogP contribution in [0.3, 0.4) is 0 Å². The molecule has 0 aliphatic rings. The van der Waals surface area contributed by atoms with Gasteiger partial charge in [-0.1, -0.05) is 33.1 Å². The Morgan fingerprint density at radius 3 is 1.88 bits per heavy atom. The van der Waals surface area contributed by atoms with Gasteiger partial charge < -0.3 is 18.8 Å². The molecule has 0 heterocycles. The van der Waals surface area contributed by atoms with E-state index in [0.717, 1.165) is 25.7 Å². The maximum absolute atomic E-state index is 10.2. The molecular weight excluding hydrogens is 445 g/mol. The van der Waals surface area contributed by atoms with Crippen LogP contribution in [0, 0.1) is 5.92 Å². The molecule has 80 valence electrons. The molecule has 0 aromatic rings. The van der Waals surface area contributed by atoms with E-state index in [1.54, 1.807) is 0 Å². The van der Waals surface area contributed by atoms with Gasteiger partial charge in [0.05, 0.1) is 0 Å². The molecule has 16 heavy (non-hydrogen) atoms. The maximum atomic E-state index is 10.2. The molecule has 0 fully saturated rings. The summed E-state index contributed by atoms with van der Waals surface area (Å²) in [7, 11) is -5.03. The molecule has 1 atom stereocenters. The Hall–Kier alpha value is 5.47. The summed E-state index contributed by atoms with van der Waals surface area (Å²) in [5, 5.41) is 0. The molecule has 8 heteroatoms. The van der Waals surface area contributed by atoms with Gasteiger partial charge in [-0.05, 0) is 12.3 Å². The smallest absolute Gasteiger partial charge is 0.861 e. The number of unbranched alkanes of at least 4 members (excludes halogenated alkanes) is 1. The zero-order valence-electron chi connectivity index (χ0n) is 11.2. The van der Waals surface area contributed by atoms with Crippen LogP contribution < -0.4 is 189 Å². The van der Waals surface area contributed by atoms with Gasteiger partial charge in [0.25, 0.3) is 0 Å². The quantitative estimate of drug-likeness (QED) is 0.353. The fourth-order valence-corrected chi connectivity index (χ4v) is 1.56. The summed E-state index contributed by atoms with van der Waals surface area (Å²) in [6, 6.07) is 0. The fourth-order valence-electron chi connectivity index (χ4n) is 1.12. The number of hydrogen-bond donors (Lipinski definition) is 0. The van der Waals surface area contributed by atoms with E-state index in [2.05, 4.69) is 11.3 Å². The Morgan fingerprint density at radius 2 is 1.56 bits per heavy atom. The molecule has 0 rings (SSSR count). The Bertz CT molecular complexity index is 135. The Kier molecular flexibility index (Phi) is 34.1. The first kappa shape index (κ1) is 29.5. The summed E-state index contributed by atoms with van der Waals surface area (Å²) in [6.07, 6.45) is 3.90. The largest absolute Gasteiger partial charge is 1.00 e. The van der Waals surface area contributed by atoms with Gasteiger partial charge in [0.1, 0.15) is 0 Å². The molecule has 0 aliphatic carbocycles. The molecule has 0 aromatic heterocycles. The first-order valence-electron chi connectivity index (χ1n) is 4.74. The molecule has 0 amide bonds. The third kappa shape index (κ3) is 21.8. The summed E-state index contributed by atoms with van der Waals surface area (Å²) in [5.74, 6) is 0.198. The van der Waals surface area contributed by atoms with E-state index in [4.69, 9.17) is 0 Å². The minimum Gasteiger partial charge on any atom is -0.861 e. The molecule has 4 nitrogen and oxygen atoms in total. The Labute approximate surface area is 247 Å². The normalized spacial score (nSPS) is 11.8. The molecule has 0 aliphatic heterocycles. The Balaban J connectivity index is -0.000000240. The zero-order chi connectivity index (χ0) is 10.3. The molecule has 0 radical (unpaired) electrons. The second kappa shape index (κ2) is 18.5. The summed E-state index contributed by atoms with van der Waals surface area (Å²) < 4.78 is 4.25. The van der Waals surface area contributed by atoms with E-state index in [0.29, 0.717) is 0 Å². The third-order valence-corrected chi connectivity index (χ3v) is 2.56. The summed E-state index contributed by atoms with van der Waals surface area (Å²) >= 11 is 0. The van der Waals surface area contributed by atoms with Gasteiger partial charge in [-0.2, -0.15) is 0 Å². The van der Waals surface area contributed by atoms with E-state index in [-0.39, 0.29) is 187 Å². The van der Waals surface area contributed by atoms with Gasteiger partial charge in [-0.25, -0.2) is 0 Å². The zero-order valence-corrected chi connectivity index (χ0v) is 27.0. The monoisotopic (exact) mass is 460 g/mol. The first-order chi connectivity index (χ1) is 5.99. The van der Waals surface area contributed by atoms with Gasteiger partial charge in [-0.15, -0.1) is 9.05 Å². The second-order valence-electron chi connectivity index (χ2n) is 3.23. The topological polar surface area (TPSA) is 78.4 Å². The fraction of sp³-hybridized carbons (Fsp3) is 1.00. The van der Waals surface area contributed by atoms with Crippen molar-refractivity contribution >= 4 is 9.05 Å². The minimum atomic E-state index is -5.03. The van der Waals surface area contributed by atoms with Gasteiger partial charge in [0.2, 0.25) is 0 Å². The van der Waals surface area contributed by atoms with Crippen molar-refractivity contribution in [3.8, 4) is 0 Å². The van der Waals surface area contributed by atoms with Crippen molar-refractivity contribution in [1.29, 1.82) is 0 Å². The predicted molar refractivity (Wildman–Crippen MR) is 45.0 cm³/mol. The van der Waals surface area contributed by atoms with Gasteiger partial charge in [-0.3, -0.25) is 0 Å². The molecular formula is C8H17O4Rb3Si. The predicted octanol–water partition coefficient (Wildman–Crippen LogP) is -10.3. The molecule has 0 saturated carbocycles. The van der Waals surface area contributed by atoms with Crippen LogP contribution in [0.2, 0.25) is 0 Å². The second-order valence-corrected chi connectivity index (χ2v) is 4.52. The first-order valence-corrected chi connectivity index (χ1v) is 6.38. The van der Waals surface area contributed by atoms with Crippen molar-refractivity contribution in [2.75, 3.05) is 6.61 Å². The van der Waals surface area contributed by atoms with Gasteiger partial charge >= 0.3 is 175 Å². The van der Waals surface area contributed by atoms with E-state index < -0.39 is 9.05 Å². The van der Waals surface area contributed by atoms with E-state index >= 15 is 0 Å². The molecule has 0 spiro atoms. The van der Waals surface area contributed by atoms with Crippen LogP contribution in [0.15, 0.2) is 0 Å². The van der Waals surface area contributed by atoms with Crippen LogP contribution in [0.5, 0.6) is 0 Å². The molecule has 0 saturated heterocycles. The van der Waals surface area contributed by atoms with Crippen molar-refractivity contribution in [2.45, 2.75) is 39.5 Å². The van der Waals surface area contributed by atoms with Crippen LogP contribution in [0.4, 0.5) is 0 Å². The Morgan fingerprint density at radius 1 is 1.06 bits per heavy atom. The molecule has 0 N–H and O–H groups in total. The van der Waals surface area contributed by atoms with Crippen molar-refractivity contribution < 1.29 is 193 Å². The summed E-state index contributed by atoms with van der Waals surface area (Å²) in [4.78, 5) is 30.6. The summed E-state index contributed by atoms with van der Waals surface area (Å²) in [5.41, 5.74) is 0. The van der Waals surface area contributed by atoms with Crippen molar-refractivity contribution in [1.82, 2.24) is 0 Å². The van der Waals surface area contributed by atoms with E-state index in [1.165, 1.54) is 0 Å². The third-order valence-electron chi connectivity index (χ3n) is 2.04. The van der Waals surface area contributed by atoms with Gasteiger partial charge in [0, 0.05) is 6.61 Å². The van der Waals surface area contributed by atoms with Crippen LogP contribution in [0.1, 0.15) is 39.5 Å². The standard InChI is InChI=1S/C8H17O4Si.3Rb/c1-3-5-6-8(4-2)7-12-13(9,10)11;;;/h8H,3-7H2,1-2H3;;;/q-3;3*+1. The van der Waals surface area contributed by atoms with Crippen LogP contribution in [0.25, 0.3) is 0 Å². The van der Waals surface area contributed by atoms with Crippen LogP contribution in [-0.2, 0) is 4.43 Å². The average molecular weight is 462 g/mol. The van der Waals surface area contributed by atoms with E-state index in [1.807, 2.05) is 6.92 Å². The molecule has 0 bridgehead atoms. The van der Waals surface area contributed by atoms with Crippen molar-refractivity contribution in [3.05, 3.63) is 0 Å². The van der Waals surface area contributed by atoms with Crippen molar-refractivity contribution in [2.24, 2.45) is 5.92 Å². The SMILES string of the molecule is CCCCC(CC)CO[Si]([O-])([O-])[O-].[Rb+].[Rb+].[Rb+]. The van der Waals surface area contributed by atoms with Crippen molar-refractivity contribution in [3.63, 3.8) is 0 Å². The summed E-state index contributed by atoms with van der Waals surface area (Å²) in [6.45, 7) is 4.09. The molecule has 1 unspecified atom stereocenters. The van der Waals surface area contributed by atoms with E-state index in [9.17, 15) is 14.4 Å². The number of rotatable bonds is 7. The van der Waals surface area contributed by atoms with Crippen LogP contribution >= 0.6 is 0 Å². The van der Waals surface area contributed by atoms with Gasteiger partial charge in [0.15, 0.2) is 0 Å². The minimum absolute atomic E-state index is 0.